The number of hydrogen-bond acceptors (Lipinski definition) is 1. The maximum Gasteiger partial charge on any atom is 0.166 e. The molecule has 0 fully saturated rings. The molecule has 0 bridgehead atoms. The summed E-state index contributed by atoms with van der Waals surface area (Å²) < 4.78 is 13.0. The molecule has 2 rings (SSSR count). The number of carbonyl (C=O) groups excluding carboxylic acids is 1. The average molecular weight is 226 g/mol. The summed E-state index contributed by atoms with van der Waals surface area (Å²) in [5.41, 5.74) is 1.26. The molecule has 0 spiro atoms. The van der Waals surface area contributed by atoms with Crippen LogP contribution in [0.5, 0.6) is 0 Å². The molecule has 0 saturated carbocycles. The number of aromatic amines is 1. The van der Waals surface area contributed by atoms with E-state index in [4.69, 9.17) is 11.6 Å². The highest BCUT2D eigenvalue weighted by atomic mass is 35.5. The first-order valence-corrected chi connectivity index (χ1v) is 5.11. The van der Waals surface area contributed by atoms with E-state index in [-0.39, 0.29) is 23.9 Å². The number of benzene rings is 1. The SMILES string of the molecule is O=C(CCCl)c1c[nH]c2ccc(F)cc12. The summed E-state index contributed by atoms with van der Waals surface area (Å²) in [5.74, 6) is -0.134. The molecule has 2 nitrogen and oxygen atoms in total. The van der Waals surface area contributed by atoms with Crippen molar-refractivity contribution in [2.24, 2.45) is 0 Å². The lowest BCUT2D eigenvalue weighted by Gasteiger charge is -1.96. The third-order valence-corrected chi connectivity index (χ3v) is 2.45. The second kappa shape index (κ2) is 4.03. The molecule has 0 aliphatic carbocycles. The zero-order valence-corrected chi connectivity index (χ0v) is 8.64. The minimum absolute atomic E-state index is 0.0677. The van der Waals surface area contributed by atoms with E-state index >= 15 is 0 Å². The third kappa shape index (κ3) is 1.88. The van der Waals surface area contributed by atoms with E-state index in [1.807, 2.05) is 0 Å². The van der Waals surface area contributed by atoms with Crippen molar-refractivity contribution in [2.45, 2.75) is 6.42 Å². The lowest BCUT2D eigenvalue weighted by molar-refractivity contribution is 0.0991. The molecular weight excluding hydrogens is 217 g/mol. The Balaban J connectivity index is 2.52. The van der Waals surface area contributed by atoms with Crippen LogP contribution in [-0.4, -0.2) is 16.6 Å². The van der Waals surface area contributed by atoms with Crippen LogP contribution in [0.15, 0.2) is 24.4 Å². The first-order valence-electron chi connectivity index (χ1n) is 4.58. The number of Topliss-reactive ketones (excluding diaryl/α,β-unsaturated/α-hetero) is 1. The predicted molar refractivity (Wildman–Crippen MR) is 57.9 cm³/mol. The Morgan fingerprint density at radius 2 is 2.27 bits per heavy atom. The molecule has 0 aliphatic rings. The smallest absolute Gasteiger partial charge is 0.166 e. The fourth-order valence-corrected chi connectivity index (χ4v) is 1.72. The van der Waals surface area contributed by atoms with E-state index < -0.39 is 0 Å². The average Bonchev–Trinajstić information content (AvgIpc) is 2.60. The number of halogens is 2. The Labute approximate surface area is 91.0 Å². The molecule has 0 atom stereocenters. The molecule has 0 amide bonds. The maximum absolute atomic E-state index is 13.0. The molecular formula is C11H9ClFNO. The van der Waals surface area contributed by atoms with Gasteiger partial charge in [-0.25, -0.2) is 4.39 Å². The first-order chi connectivity index (χ1) is 7.22. The van der Waals surface area contributed by atoms with Gasteiger partial charge >= 0.3 is 0 Å². The minimum atomic E-state index is -0.345. The summed E-state index contributed by atoms with van der Waals surface area (Å²) in [5, 5.41) is 0.616. The van der Waals surface area contributed by atoms with Crippen molar-refractivity contribution in [1.29, 1.82) is 0 Å². The third-order valence-electron chi connectivity index (χ3n) is 2.27. The summed E-state index contributed by atoms with van der Waals surface area (Å²) in [7, 11) is 0. The Morgan fingerprint density at radius 3 is 3.00 bits per heavy atom. The van der Waals surface area contributed by atoms with Gasteiger partial charge in [0.05, 0.1) is 0 Å². The molecule has 0 aliphatic heterocycles. The number of fused-ring (bicyclic) bond motifs is 1. The summed E-state index contributed by atoms with van der Waals surface area (Å²) >= 11 is 5.49. The van der Waals surface area contributed by atoms with Crippen LogP contribution in [0.2, 0.25) is 0 Å². The molecule has 1 N–H and O–H groups in total. The standard InChI is InChI=1S/C11H9ClFNO/c12-4-3-11(15)9-6-14-10-2-1-7(13)5-8(9)10/h1-2,5-6,14H,3-4H2. The van der Waals surface area contributed by atoms with Gasteiger partial charge in [-0.15, -0.1) is 11.6 Å². The van der Waals surface area contributed by atoms with Crippen LogP contribution in [0, 0.1) is 5.82 Å². The summed E-state index contributed by atoms with van der Waals surface area (Å²) in [6.07, 6.45) is 1.87. The lowest BCUT2D eigenvalue weighted by atomic mass is 10.1. The molecule has 0 unspecified atom stereocenters. The maximum atomic E-state index is 13.0. The van der Waals surface area contributed by atoms with E-state index in [2.05, 4.69) is 4.98 Å². The predicted octanol–water partition coefficient (Wildman–Crippen LogP) is 3.12. The van der Waals surface area contributed by atoms with Crippen molar-refractivity contribution >= 4 is 28.3 Å². The molecule has 0 radical (unpaired) electrons. The van der Waals surface area contributed by atoms with Gasteiger partial charge in [0.1, 0.15) is 5.82 Å². The zero-order chi connectivity index (χ0) is 10.8. The Morgan fingerprint density at radius 1 is 1.47 bits per heavy atom. The van der Waals surface area contributed by atoms with Crippen LogP contribution in [0.1, 0.15) is 16.8 Å². The van der Waals surface area contributed by atoms with E-state index in [9.17, 15) is 9.18 Å². The van der Waals surface area contributed by atoms with Gasteiger partial charge in [-0.1, -0.05) is 0 Å². The van der Waals surface area contributed by atoms with E-state index in [0.717, 1.165) is 5.52 Å². The van der Waals surface area contributed by atoms with Gasteiger partial charge < -0.3 is 4.98 Å². The number of ketones is 1. The first kappa shape index (κ1) is 10.2. The number of rotatable bonds is 3. The van der Waals surface area contributed by atoms with Crippen LogP contribution in [0.4, 0.5) is 4.39 Å². The molecule has 4 heteroatoms. The fraction of sp³-hybridized carbons (Fsp3) is 0.182. The second-order valence-electron chi connectivity index (χ2n) is 3.25. The molecule has 78 valence electrons. The summed E-state index contributed by atoms with van der Waals surface area (Å²) in [4.78, 5) is 14.5. The highest BCUT2D eigenvalue weighted by molar-refractivity contribution is 6.20. The van der Waals surface area contributed by atoms with Crippen LogP contribution >= 0.6 is 11.6 Å². The topological polar surface area (TPSA) is 32.9 Å². The normalized spacial score (nSPS) is 10.8. The molecule has 1 aromatic carbocycles. The molecule has 1 aromatic heterocycles. The van der Waals surface area contributed by atoms with Crippen LogP contribution in [-0.2, 0) is 0 Å². The molecule has 2 aromatic rings. The monoisotopic (exact) mass is 225 g/mol. The number of nitrogens with one attached hydrogen (secondary N) is 1. The largest absolute Gasteiger partial charge is 0.360 e. The van der Waals surface area contributed by atoms with Crippen LogP contribution < -0.4 is 0 Å². The van der Waals surface area contributed by atoms with E-state index in [1.165, 1.54) is 12.1 Å². The van der Waals surface area contributed by atoms with Crippen molar-refractivity contribution in [3.8, 4) is 0 Å². The van der Waals surface area contributed by atoms with Crippen molar-refractivity contribution in [3.63, 3.8) is 0 Å². The number of hydrogen-bond donors (Lipinski definition) is 1. The fourth-order valence-electron chi connectivity index (χ4n) is 1.54. The molecule has 1 heterocycles. The quantitative estimate of drug-likeness (QED) is 0.632. The van der Waals surface area contributed by atoms with Crippen molar-refractivity contribution in [3.05, 3.63) is 35.8 Å². The Hall–Kier alpha value is -1.35. The Kier molecular flexibility index (Phi) is 2.73. The van der Waals surface area contributed by atoms with Crippen molar-refractivity contribution in [1.82, 2.24) is 4.98 Å². The highest BCUT2D eigenvalue weighted by Gasteiger charge is 2.11. The van der Waals surface area contributed by atoms with E-state index in [1.54, 1.807) is 12.3 Å². The second-order valence-corrected chi connectivity index (χ2v) is 3.63. The number of alkyl halides is 1. The lowest BCUT2D eigenvalue weighted by Crippen LogP contribution is -1.98. The van der Waals surface area contributed by atoms with Gasteiger partial charge in [0.15, 0.2) is 5.78 Å². The summed E-state index contributed by atoms with van der Waals surface area (Å²) in [6, 6.07) is 4.32. The van der Waals surface area contributed by atoms with Crippen molar-refractivity contribution < 1.29 is 9.18 Å². The molecule has 0 saturated heterocycles. The van der Waals surface area contributed by atoms with Gasteiger partial charge in [0, 0.05) is 35.0 Å². The Bertz CT molecular complexity index is 506. The zero-order valence-electron chi connectivity index (χ0n) is 7.89. The van der Waals surface area contributed by atoms with Gasteiger partial charge in [-0.3, -0.25) is 4.79 Å². The van der Waals surface area contributed by atoms with Gasteiger partial charge in [0.2, 0.25) is 0 Å². The highest BCUT2D eigenvalue weighted by Crippen LogP contribution is 2.20. The van der Waals surface area contributed by atoms with Gasteiger partial charge in [-0.2, -0.15) is 0 Å². The number of aromatic nitrogens is 1. The minimum Gasteiger partial charge on any atom is -0.360 e. The van der Waals surface area contributed by atoms with Gasteiger partial charge in [-0.05, 0) is 18.2 Å². The van der Waals surface area contributed by atoms with Crippen LogP contribution in [0.25, 0.3) is 10.9 Å². The van der Waals surface area contributed by atoms with Crippen LogP contribution in [0.3, 0.4) is 0 Å². The number of H-pyrrole nitrogens is 1. The molecule has 15 heavy (non-hydrogen) atoms. The summed E-state index contributed by atoms with van der Waals surface area (Å²) in [6.45, 7) is 0. The number of carbonyl (C=O) groups is 1. The van der Waals surface area contributed by atoms with Gasteiger partial charge in [0.25, 0.3) is 0 Å². The van der Waals surface area contributed by atoms with E-state index in [0.29, 0.717) is 10.9 Å². The van der Waals surface area contributed by atoms with Crippen molar-refractivity contribution in [2.75, 3.05) is 5.88 Å².